The van der Waals surface area contributed by atoms with E-state index in [0.717, 1.165) is 5.57 Å². The molecule has 0 N–H and O–H groups in total. The fraction of sp³-hybridized carbons (Fsp3) is 0.444. The molecule has 3 nitrogen and oxygen atoms in total. The Bertz CT molecular complexity index is 195. The lowest BCUT2D eigenvalue weighted by Gasteiger charge is -1.98. The number of aliphatic imine (C=N–C) groups is 1. The molecule has 68 valence electrons. The highest BCUT2D eigenvalue weighted by Gasteiger charge is 1.88. The Morgan fingerprint density at radius 1 is 1.50 bits per heavy atom. The van der Waals surface area contributed by atoms with Crippen molar-refractivity contribution in [1.29, 1.82) is 0 Å². The second-order valence-corrected chi connectivity index (χ2v) is 2.19. The van der Waals surface area contributed by atoms with Crippen LogP contribution in [0, 0.1) is 0 Å². The summed E-state index contributed by atoms with van der Waals surface area (Å²) >= 11 is 0. The Labute approximate surface area is 73.4 Å². The largest absolute Gasteiger partial charge is 0.484 e. The van der Waals surface area contributed by atoms with E-state index in [9.17, 15) is 0 Å². The predicted molar refractivity (Wildman–Crippen MR) is 50.3 cm³/mol. The van der Waals surface area contributed by atoms with Crippen LogP contribution in [-0.2, 0) is 9.47 Å². The van der Waals surface area contributed by atoms with Crippen molar-refractivity contribution in [2.75, 3.05) is 20.8 Å². The summed E-state index contributed by atoms with van der Waals surface area (Å²) in [6, 6.07) is 0. The van der Waals surface area contributed by atoms with Crippen LogP contribution in [0.3, 0.4) is 0 Å². The van der Waals surface area contributed by atoms with Crippen LogP contribution in [0.25, 0.3) is 0 Å². The van der Waals surface area contributed by atoms with Gasteiger partial charge in [-0.1, -0.05) is 12.7 Å². The van der Waals surface area contributed by atoms with Gasteiger partial charge < -0.3 is 9.47 Å². The van der Waals surface area contributed by atoms with Crippen molar-refractivity contribution in [3.05, 3.63) is 24.4 Å². The molecule has 0 bridgehead atoms. The van der Waals surface area contributed by atoms with Crippen molar-refractivity contribution in [1.82, 2.24) is 0 Å². The maximum atomic E-state index is 4.91. The molecular weight excluding hydrogens is 154 g/mol. The summed E-state index contributed by atoms with van der Waals surface area (Å²) in [4.78, 5) is 4.01. The number of hydrogen-bond acceptors (Lipinski definition) is 3. The molecule has 0 aliphatic rings. The third-order valence-corrected chi connectivity index (χ3v) is 1.28. The molecule has 0 heterocycles. The van der Waals surface area contributed by atoms with E-state index in [2.05, 4.69) is 11.6 Å². The van der Waals surface area contributed by atoms with Crippen LogP contribution in [0.2, 0.25) is 0 Å². The van der Waals surface area contributed by atoms with Gasteiger partial charge >= 0.3 is 0 Å². The molecule has 0 fully saturated rings. The lowest BCUT2D eigenvalue weighted by molar-refractivity contribution is 0.228. The van der Waals surface area contributed by atoms with Gasteiger partial charge in [0.05, 0.1) is 13.7 Å². The Morgan fingerprint density at radius 3 is 2.58 bits per heavy atom. The second-order valence-electron chi connectivity index (χ2n) is 2.19. The molecule has 12 heavy (non-hydrogen) atoms. The van der Waals surface area contributed by atoms with E-state index < -0.39 is 0 Å². The summed E-state index contributed by atoms with van der Waals surface area (Å²) in [6.45, 7) is 5.92. The molecule has 0 saturated heterocycles. The van der Waals surface area contributed by atoms with E-state index in [4.69, 9.17) is 9.47 Å². The normalized spacial score (nSPS) is 12.9. The van der Waals surface area contributed by atoms with E-state index in [-0.39, 0.29) is 0 Å². The van der Waals surface area contributed by atoms with Gasteiger partial charge in [0.15, 0.2) is 5.90 Å². The van der Waals surface area contributed by atoms with E-state index in [1.807, 2.05) is 0 Å². The highest BCUT2D eigenvalue weighted by atomic mass is 16.5. The summed E-state index contributed by atoms with van der Waals surface area (Å²) in [5, 5.41) is 0. The molecule has 0 aliphatic heterocycles. The van der Waals surface area contributed by atoms with Crippen molar-refractivity contribution in [3.63, 3.8) is 0 Å². The fourth-order valence-corrected chi connectivity index (χ4v) is 0.542. The van der Waals surface area contributed by atoms with Gasteiger partial charge in [-0.25, -0.2) is 4.99 Å². The van der Waals surface area contributed by atoms with Gasteiger partial charge in [-0.15, -0.1) is 0 Å². The number of nitrogens with zero attached hydrogens (tertiary/aromatic N) is 1. The first-order chi connectivity index (χ1) is 5.74. The van der Waals surface area contributed by atoms with Crippen LogP contribution < -0.4 is 0 Å². The van der Waals surface area contributed by atoms with Crippen LogP contribution in [-0.4, -0.2) is 26.7 Å². The SMILES string of the molecule is C=C/C(=C\N=C(/C)OC)COC. The zero-order chi connectivity index (χ0) is 9.40. The first kappa shape index (κ1) is 10.9. The molecule has 0 radical (unpaired) electrons. The second kappa shape index (κ2) is 6.61. The van der Waals surface area contributed by atoms with Crippen molar-refractivity contribution in [2.24, 2.45) is 4.99 Å². The third kappa shape index (κ3) is 4.68. The number of ether oxygens (including phenoxy) is 2. The van der Waals surface area contributed by atoms with Gasteiger partial charge in [0.2, 0.25) is 0 Å². The van der Waals surface area contributed by atoms with Gasteiger partial charge in [0, 0.05) is 20.2 Å². The minimum Gasteiger partial charge on any atom is -0.484 e. The zero-order valence-electron chi connectivity index (χ0n) is 7.83. The zero-order valence-corrected chi connectivity index (χ0v) is 7.83. The van der Waals surface area contributed by atoms with Crippen LogP contribution in [0.5, 0.6) is 0 Å². The molecule has 0 rings (SSSR count). The van der Waals surface area contributed by atoms with E-state index in [0.29, 0.717) is 12.5 Å². The van der Waals surface area contributed by atoms with Crippen molar-refractivity contribution >= 4 is 5.90 Å². The maximum Gasteiger partial charge on any atom is 0.184 e. The summed E-state index contributed by atoms with van der Waals surface area (Å²) in [6.07, 6.45) is 3.38. The quantitative estimate of drug-likeness (QED) is 0.365. The van der Waals surface area contributed by atoms with E-state index in [1.165, 1.54) is 0 Å². The molecule has 0 aromatic heterocycles. The Kier molecular flexibility index (Phi) is 6.01. The number of rotatable bonds is 4. The Hall–Kier alpha value is -1.09. The highest BCUT2D eigenvalue weighted by molar-refractivity contribution is 5.73. The van der Waals surface area contributed by atoms with Crippen molar-refractivity contribution in [2.45, 2.75) is 6.92 Å². The first-order valence-corrected chi connectivity index (χ1v) is 3.63. The molecule has 0 amide bonds. The summed E-state index contributed by atoms with van der Waals surface area (Å²) in [7, 11) is 3.21. The minimum absolute atomic E-state index is 0.518. The minimum atomic E-state index is 0.518. The van der Waals surface area contributed by atoms with Crippen LogP contribution in [0.1, 0.15) is 6.92 Å². The lowest BCUT2D eigenvalue weighted by atomic mass is 10.3. The van der Waals surface area contributed by atoms with Crippen LogP contribution in [0.4, 0.5) is 0 Å². The smallest absolute Gasteiger partial charge is 0.184 e. The summed E-state index contributed by atoms with van der Waals surface area (Å²) in [5.41, 5.74) is 0.925. The molecule has 0 atom stereocenters. The average Bonchev–Trinajstić information content (AvgIpc) is 2.11. The standard InChI is InChI=1S/C9H15NO2/c1-5-9(7-11-3)6-10-8(2)12-4/h5-6H,1,7H2,2-4H3/b9-6+,10-8+. The monoisotopic (exact) mass is 169 g/mol. The summed E-state index contributed by atoms with van der Waals surface area (Å²) < 4.78 is 9.76. The Morgan fingerprint density at radius 2 is 2.17 bits per heavy atom. The van der Waals surface area contributed by atoms with Gasteiger partial charge in [-0.2, -0.15) is 0 Å². The molecule has 0 aliphatic carbocycles. The number of methoxy groups -OCH3 is 2. The van der Waals surface area contributed by atoms with E-state index in [1.54, 1.807) is 33.4 Å². The predicted octanol–water partition coefficient (Wildman–Crippen LogP) is 1.77. The molecule has 0 saturated carbocycles. The highest BCUT2D eigenvalue weighted by Crippen LogP contribution is 1.96. The van der Waals surface area contributed by atoms with Crippen LogP contribution in [0.15, 0.2) is 29.4 Å². The maximum absolute atomic E-state index is 4.91. The Balaban J connectivity index is 4.18. The van der Waals surface area contributed by atoms with Crippen LogP contribution >= 0.6 is 0 Å². The fourth-order valence-electron chi connectivity index (χ4n) is 0.542. The van der Waals surface area contributed by atoms with Gasteiger partial charge in [0.1, 0.15) is 0 Å². The molecule has 0 aromatic carbocycles. The topological polar surface area (TPSA) is 30.8 Å². The first-order valence-electron chi connectivity index (χ1n) is 3.63. The molecule has 0 spiro atoms. The van der Waals surface area contributed by atoms with E-state index >= 15 is 0 Å². The molecular formula is C9H15NO2. The molecule has 0 unspecified atom stereocenters. The van der Waals surface area contributed by atoms with Gasteiger partial charge in [-0.05, 0) is 5.57 Å². The lowest BCUT2D eigenvalue weighted by Crippen LogP contribution is -1.94. The summed E-state index contributed by atoms with van der Waals surface area (Å²) in [5.74, 6) is 0.616. The average molecular weight is 169 g/mol. The molecule has 3 heteroatoms. The molecule has 0 aromatic rings. The van der Waals surface area contributed by atoms with Gasteiger partial charge in [0.25, 0.3) is 0 Å². The van der Waals surface area contributed by atoms with Gasteiger partial charge in [-0.3, -0.25) is 0 Å². The number of hydrogen-bond donors (Lipinski definition) is 0. The third-order valence-electron chi connectivity index (χ3n) is 1.28. The van der Waals surface area contributed by atoms with Crippen molar-refractivity contribution < 1.29 is 9.47 Å². The van der Waals surface area contributed by atoms with Crippen molar-refractivity contribution in [3.8, 4) is 0 Å².